The van der Waals surface area contributed by atoms with E-state index in [-0.39, 0.29) is 31.1 Å². The molecule has 2 aromatic rings. The van der Waals surface area contributed by atoms with E-state index in [2.05, 4.69) is 9.97 Å². The standard InChI is InChI=1S/C18H22N2O5/c1-3-24-15(21)11-7-8-12(18(23)25-4-2)16-17(22)20-14-10-6-5-9-13(14)19-16/h5-6,9-10,12H,3-4,7-8,11H2,1-2H3,(H,20,22). The van der Waals surface area contributed by atoms with E-state index in [4.69, 9.17) is 9.47 Å². The highest BCUT2D eigenvalue weighted by Gasteiger charge is 2.26. The molecule has 0 fully saturated rings. The Balaban J connectivity index is 2.25. The van der Waals surface area contributed by atoms with Crippen LogP contribution in [0.1, 0.15) is 44.7 Å². The summed E-state index contributed by atoms with van der Waals surface area (Å²) in [6, 6.07) is 7.10. The van der Waals surface area contributed by atoms with Crippen molar-refractivity contribution in [2.75, 3.05) is 13.2 Å². The molecule has 1 unspecified atom stereocenters. The van der Waals surface area contributed by atoms with Crippen LogP contribution in [0.4, 0.5) is 0 Å². The molecule has 0 radical (unpaired) electrons. The highest BCUT2D eigenvalue weighted by molar-refractivity contribution is 5.79. The zero-order valence-corrected chi connectivity index (χ0v) is 14.4. The van der Waals surface area contributed by atoms with Gasteiger partial charge in [-0.25, -0.2) is 4.98 Å². The Hall–Kier alpha value is -2.70. The number of aromatic amines is 1. The summed E-state index contributed by atoms with van der Waals surface area (Å²) in [4.78, 5) is 43.2. The number of carbonyl (C=O) groups excluding carboxylic acids is 2. The number of benzene rings is 1. The van der Waals surface area contributed by atoms with Gasteiger partial charge in [-0.3, -0.25) is 14.4 Å². The van der Waals surface area contributed by atoms with Gasteiger partial charge in [-0.1, -0.05) is 12.1 Å². The number of fused-ring (bicyclic) bond motifs is 1. The van der Waals surface area contributed by atoms with Gasteiger partial charge in [0, 0.05) is 6.42 Å². The lowest BCUT2D eigenvalue weighted by Crippen LogP contribution is -2.26. The number of rotatable bonds is 8. The second kappa shape index (κ2) is 8.96. The Morgan fingerprint density at radius 1 is 1.16 bits per heavy atom. The largest absolute Gasteiger partial charge is 0.466 e. The monoisotopic (exact) mass is 346 g/mol. The van der Waals surface area contributed by atoms with Crippen molar-refractivity contribution in [2.45, 2.75) is 39.0 Å². The minimum atomic E-state index is -0.817. The molecule has 1 atom stereocenters. The summed E-state index contributed by atoms with van der Waals surface area (Å²) in [7, 11) is 0. The number of aromatic nitrogens is 2. The van der Waals surface area contributed by atoms with Crippen LogP contribution in [0.15, 0.2) is 29.1 Å². The average molecular weight is 346 g/mol. The summed E-state index contributed by atoms with van der Waals surface area (Å²) in [5, 5.41) is 0. The minimum Gasteiger partial charge on any atom is -0.466 e. The number of para-hydroxylation sites is 2. The van der Waals surface area contributed by atoms with Crippen LogP contribution in [0.25, 0.3) is 11.0 Å². The van der Waals surface area contributed by atoms with Crippen molar-refractivity contribution in [3.05, 3.63) is 40.3 Å². The van der Waals surface area contributed by atoms with E-state index in [0.717, 1.165) is 0 Å². The fraction of sp³-hybridized carbons (Fsp3) is 0.444. The van der Waals surface area contributed by atoms with E-state index >= 15 is 0 Å². The second-order valence-corrected chi connectivity index (χ2v) is 5.47. The number of hydrogen-bond acceptors (Lipinski definition) is 6. The summed E-state index contributed by atoms with van der Waals surface area (Å²) in [5.74, 6) is -1.66. The zero-order chi connectivity index (χ0) is 18.2. The number of carbonyl (C=O) groups is 2. The fourth-order valence-electron chi connectivity index (χ4n) is 2.57. The van der Waals surface area contributed by atoms with Crippen molar-refractivity contribution in [2.24, 2.45) is 0 Å². The van der Waals surface area contributed by atoms with Crippen LogP contribution >= 0.6 is 0 Å². The molecule has 134 valence electrons. The van der Waals surface area contributed by atoms with Crippen molar-refractivity contribution in [1.29, 1.82) is 0 Å². The molecular weight excluding hydrogens is 324 g/mol. The number of hydrogen-bond donors (Lipinski definition) is 1. The van der Waals surface area contributed by atoms with E-state index in [9.17, 15) is 14.4 Å². The van der Waals surface area contributed by atoms with Crippen molar-refractivity contribution < 1.29 is 19.1 Å². The van der Waals surface area contributed by atoms with Crippen LogP contribution < -0.4 is 5.56 Å². The van der Waals surface area contributed by atoms with Crippen molar-refractivity contribution in [1.82, 2.24) is 9.97 Å². The lowest BCUT2D eigenvalue weighted by atomic mass is 9.98. The maximum Gasteiger partial charge on any atom is 0.315 e. The predicted molar refractivity (Wildman–Crippen MR) is 92.2 cm³/mol. The number of H-pyrrole nitrogens is 1. The highest BCUT2D eigenvalue weighted by atomic mass is 16.5. The molecule has 0 saturated heterocycles. The number of nitrogens with one attached hydrogen (secondary N) is 1. The first-order valence-electron chi connectivity index (χ1n) is 8.38. The Morgan fingerprint density at radius 3 is 2.60 bits per heavy atom. The van der Waals surface area contributed by atoms with E-state index in [1.807, 2.05) is 0 Å². The Bertz CT molecular complexity index is 799. The van der Waals surface area contributed by atoms with E-state index in [0.29, 0.717) is 24.1 Å². The molecule has 1 aromatic heterocycles. The third-order valence-electron chi connectivity index (χ3n) is 3.71. The molecule has 0 aliphatic carbocycles. The summed E-state index contributed by atoms with van der Waals surface area (Å²) in [6.45, 7) is 3.95. The summed E-state index contributed by atoms with van der Waals surface area (Å²) >= 11 is 0. The van der Waals surface area contributed by atoms with Gasteiger partial charge in [-0.2, -0.15) is 0 Å². The van der Waals surface area contributed by atoms with Gasteiger partial charge in [-0.05, 0) is 38.8 Å². The SMILES string of the molecule is CCOC(=O)CCCC(C(=O)OCC)c1nc2ccccc2[nH]c1=O. The fourth-order valence-corrected chi connectivity index (χ4v) is 2.57. The maximum atomic E-state index is 12.4. The predicted octanol–water partition coefficient (Wildman–Crippen LogP) is 2.30. The quantitative estimate of drug-likeness (QED) is 0.737. The van der Waals surface area contributed by atoms with Gasteiger partial charge in [0.2, 0.25) is 0 Å². The molecular formula is C18H22N2O5. The van der Waals surface area contributed by atoms with Gasteiger partial charge in [0.15, 0.2) is 0 Å². The third kappa shape index (κ3) is 4.89. The number of nitrogens with zero attached hydrogens (tertiary/aromatic N) is 1. The molecule has 0 aliphatic heterocycles. The molecule has 0 spiro atoms. The maximum absolute atomic E-state index is 12.4. The van der Waals surface area contributed by atoms with Gasteiger partial charge in [0.25, 0.3) is 5.56 Å². The first kappa shape index (κ1) is 18.6. The van der Waals surface area contributed by atoms with Crippen LogP contribution in [0.5, 0.6) is 0 Å². The second-order valence-electron chi connectivity index (χ2n) is 5.47. The van der Waals surface area contributed by atoms with Crippen LogP contribution in [-0.2, 0) is 19.1 Å². The van der Waals surface area contributed by atoms with Crippen LogP contribution in [-0.4, -0.2) is 35.1 Å². The van der Waals surface area contributed by atoms with Crippen molar-refractivity contribution in [3.63, 3.8) is 0 Å². The molecule has 1 heterocycles. The van der Waals surface area contributed by atoms with E-state index in [1.54, 1.807) is 38.1 Å². The zero-order valence-electron chi connectivity index (χ0n) is 14.4. The lowest BCUT2D eigenvalue weighted by Gasteiger charge is -2.14. The Morgan fingerprint density at radius 2 is 1.88 bits per heavy atom. The van der Waals surface area contributed by atoms with Crippen LogP contribution in [0, 0.1) is 0 Å². The lowest BCUT2D eigenvalue weighted by molar-refractivity contribution is -0.146. The van der Waals surface area contributed by atoms with Gasteiger partial charge in [0.1, 0.15) is 11.6 Å². The summed E-state index contributed by atoms with van der Waals surface area (Å²) < 4.78 is 9.96. The first-order valence-corrected chi connectivity index (χ1v) is 8.38. The van der Waals surface area contributed by atoms with Crippen molar-refractivity contribution in [3.8, 4) is 0 Å². The Labute approximate surface area is 145 Å². The molecule has 1 aromatic carbocycles. The topological polar surface area (TPSA) is 98.3 Å². The Kier molecular flexibility index (Phi) is 6.68. The molecule has 0 aliphatic rings. The summed E-state index contributed by atoms with van der Waals surface area (Å²) in [5.41, 5.74) is 0.885. The normalized spacial score (nSPS) is 11.9. The molecule has 25 heavy (non-hydrogen) atoms. The van der Waals surface area contributed by atoms with Gasteiger partial charge >= 0.3 is 11.9 Å². The molecule has 0 bridgehead atoms. The third-order valence-corrected chi connectivity index (χ3v) is 3.71. The highest BCUT2D eigenvalue weighted by Crippen LogP contribution is 2.21. The van der Waals surface area contributed by atoms with Crippen molar-refractivity contribution >= 4 is 23.0 Å². The minimum absolute atomic E-state index is 0.112. The molecule has 7 heteroatoms. The van der Waals surface area contributed by atoms with E-state index < -0.39 is 17.4 Å². The van der Waals surface area contributed by atoms with E-state index in [1.165, 1.54) is 0 Å². The average Bonchev–Trinajstić information content (AvgIpc) is 2.59. The summed E-state index contributed by atoms with van der Waals surface area (Å²) in [6.07, 6.45) is 0.859. The molecule has 2 rings (SSSR count). The van der Waals surface area contributed by atoms with Crippen LogP contribution in [0.3, 0.4) is 0 Å². The molecule has 0 amide bonds. The van der Waals surface area contributed by atoms with Gasteiger partial charge < -0.3 is 14.5 Å². The van der Waals surface area contributed by atoms with Crippen LogP contribution in [0.2, 0.25) is 0 Å². The van der Waals surface area contributed by atoms with Gasteiger partial charge in [0.05, 0.1) is 24.2 Å². The van der Waals surface area contributed by atoms with Gasteiger partial charge in [-0.15, -0.1) is 0 Å². The molecule has 0 saturated carbocycles. The molecule has 7 nitrogen and oxygen atoms in total. The molecule has 1 N–H and O–H groups in total. The number of ether oxygens (including phenoxy) is 2. The first-order chi connectivity index (χ1) is 12.1. The number of esters is 2. The smallest absolute Gasteiger partial charge is 0.315 e.